The third kappa shape index (κ3) is 4.02. The van der Waals surface area contributed by atoms with Gasteiger partial charge in [-0.2, -0.15) is 0 Å². The van der Waals surface area contributed by atoms with Gasteiger partial charge in [-0.1, -0.05) is 30.1 Å². The highest BCUT2D eigenvalue weighted by Gasteiger charge is 2.22. The number of aryl methyl sites for hydroxylation is 1. The Balaban J connectivity index is 1.49. The number of rotatable bonds is 5. The molecule has 0 atom stereocenters. The molecule has 0 fully saturated rings. The van der Waals surface area contributed by atoms with Gasteiger partial charge in [0, 0.05) is 36.5 Å². The second-order valence-electron chi connectivity index (χ2n) is 7.04. The number of nitrogens with zero attached hydrogens (tertiary/aromatic N) is 2. The van der Waals surface area contributed by atoms with Crippen molar-refractivity contribution in [2.45, 2.75) is 39.3 Å². The summed E-state index contributed by atoms with van der Waals surface area (Å²) in [4.78, 5) is 22.2. The first-order valence-corrected chi connectivity index (χ1v) is 10.2. The summed E-state index contributed by atoms with van der Waals surface area (Å²) in [5, 5.41) is 1.15. The number of hydrogen-bond donors (Lipinski definition) is 1. The molecule has 1 N–H and O–H groups in total. The number of nitrogens with one attached hydrogen (secondary N) is 1. The molecule has 1 aliphatic heterocycles. The lowest BCUT2D eigenvalue weighted by Crippen LogP contribution is -2.35. The molecule has 0 aliphatic carbocycles. The minimum Gasteiger partial charge on any atom is -0.460 e. The summed E-state index contributed by atoms with van der Waals surface area (Å²) in [6.07, 6.45) is 2.54. The number of benzene rings is 1. The smallest absolute Gasteiger partial charge is 0.255 e. The molecule has 7 heteroatoms. The predicted molar refractivity (Wildman–Crippen MR) is 111 cm³/mol. The summed E-state index contributed by atoms with van der Waals surface area (Å²) in [6, 6.07) is 9.20. The Hall–Kier alpha value is -2.08. The van der Waals surface area contributed by atoms with Crippen molar-refractivity contribution >= 4 is 23.2 Å². The lowest BCUT2D eigenvalue weighted by Gasteiger charge is -2.26. The molecule has 0 bridgehead atoms. The Morgan fingerprint density at radius 1 is 1.25 bits per heavy atom. The van der Waals surface area contributed by atoms with Gasteiger partial charge in [0.15, 0.2) is 0 Å². The molecule has 0 unspecified atom stereocenters. The van der Waals surface area contributed by atoms with Crippen LogP contribution in [0.1, 0.15) is 36.2 Å². The van der Waals surface area contributed by atoms with Gasteiger partial charge in [-0.15, -0.1) is 0 Å². The van der Waals surface area contributed by atoms with Crippen molar-refractivity contribution in [1.82, 2.24) is 14.9 Å². The molecular weight excluding hydrogens is 397 g/mol. The van der Waals surface area contributed by atoms with E-state index in [1.807, 2.05) is 18.2 Å². The predicted octanol–water partition coefficient (Wildman–Crippen LogP) is 4.85. The second-order valence-corrected chi connectivity index (χ2v) is 7.88. The standard InChI is InChI=1S/C21H21Cl2N3O2/c1-2-3-20-24-18-8-9-26(12-16(18)21(27)25-20)11-14-5-7-19(28-14)15-6-4-13(22)10-17(15)23/h4-7,10H,2-3,8-9,11-12H2,1H3,(H,24,25,27). The number of aromatic amines is 1. The fraction of sp³-hybridized carbons (Fsp3) is 0.333. The van der Waals surface area contributed by atoms with Crippen molar-refractivity contribution < 1.29 is 4.42 Å². The van der Waals surface area contributed by atoms with Gasteiger partial charge in [-0.25, -0.2) is 4.98 Å². The molecule has 1 aromatic carbocycles. The first-order chi connectivity index (χ1) is 13.5. The first-order valence-electron chi connectivity index (χ1n) is 9.41. The van der Waals surface area contributed by atoms with Gasteiger partial charge in [-0.3, -0.25) is 9.69 Å². The molecule has 0 saturated heterocycles. The van der Waals surface area contributed by atoms with Crippen LogP contribution in [0.25, 0.3) is 11.3 Å². The van der Waals surface area contributed by atoms with Gasteiger partial charge in [0.05, 0.1) is 22.8 Å². The van der Waals surface area contributed by atoms with E-state index in [9.17, 15) is 4.79 Å². The van der Waals surface area contributed by atoms with Crippen LogP contribution < -0.4 is 5.56 Å². The summed E-state index contributed by atoms with van der Waals surface area (Å²) in [6.45, 7) is 4.12. The fourth-order valence-electron chi connectivity index (χ4n) is 3.54. The van der Waals surface area contributed by atoms with Crippen LogP contribution in [0.2, 0.25) is 10.0 Å². The summed E-state index contributed by atoms with van der Waals surface area (Å²) >= 11 is 12.2. The maximum absolute atomic E-state index is 12.4. The monoisotopic (exact) mass is 417 g/mol. The largest absolute Gasteiger partial charge is 0.460 e. The van der Waals surface area contributed by atoms with Crippen molar-refractivity contribution in [3.63, 3.8) is 0 Å². The van der Waals surface area contributed by atoms with Crippen LogP contribution in [0.4, 0.5) is 0 Å². The minimum absolute atomic E-state index is 0.0220. The number of hydrogen-bond acceptors (Lipinski definition) is 4. The average molecular weight is 418 g/mol. The van der Waals surface area contributed by atoms with Crippen molar-refractivity contribution in [3.05, 3.63) is 73.6 Å². The lowest BCUT2D eigenvalue weighted by molar-refractivity contribution is 0.223. The van der Waals surface area contributed by atoms with Crippen molar-refractivity contribution in [3.8, 4) is 11.3 Å². The summed E-state index contributed by atoms with van der Waals surface area (Å²) < 4.78 is 5.99. The highest BCUT2D eigenvalue weighted by atomic mass is 35.5. The van der Waals surface area contributed by atoms with E-state index in [1.165, 1.54) is 0 Å². The Morgan fingerprint density at radius 3 is 2.89 bits per heavy atom. The van der Waals surface area contributed by atoms with Crippen molar-refractivity contribution in [2.75, 3.05) is 6.54 Å². The van der Waals surface area contributed by atoms with E-state index < -0.39 is 0 Å². The lowest BCUT2D eigenvalue weighted by atomic mass is 10.1. The summed E-state index contributed by atoms with van der Waals surface area (Å²) in [7, 11) is 0. The van der Waals surface area contributed by atoms with Crippen LogP contribution in [-0.2, 0) is 25.9 Å². The SMILES string of the molecule is CCCc1nc2c(c(=O)[nH]1)CN(Cc1ccc(-c3ccc(Cl)cc3Cl)o1)CC2. The quantitative estimate of drug-likeness (QED) is 0.644. The van der Waals surface area contributed by atoms with Gasteiger partial charge in [0.1, 0.15) is 17.3 Å². The average Bonchev–Trinajstić information content (AvgIpc) is 3.11. The normalized spacial score (nSPS) is 14.2. The zero-order valence-corrected chi connectivity index (χ0v) is 17.1. The molecule has 1 aliphatic rings. The number of H-pyrrole nitrogens is 1. The fourth-order valence-corrected chi connectivity index (χ4v) is 4.04. The van der Waals surface area contributed by atoms with Gasteiger partial charge in [0.2, 0.25) is 0 Å². The summed E-state index contributed by atoms with van der Waals surface area (Å²) in [5.41, 5.74) is 2.48. The molecule has 0 saturated carbocycles. The second kappa shape index (κ2) is 8.11. The first kappa shape index (κ1) is 19.2. The maximum atomic E-state index is 12.4. The number of furan rings is 1. The Bertz CT molecular complexity index is 1060. The van der Waals surface area contributed by atoms with Crippen LogP contribution in [0.15, 0.2) is 39.5 Å². The highest BCUT2D eigenvalue weighted by Crippen LogP contribution is 2.32. The number of halogens is 2. The van der Waals surface area contributed by atoms with E-state index in [0.29, 0.717) is 28.9 Å². The number of fused-ring (bicyclic) bond motifs is 1. The molecular formula is C21H21Cl2N3O2. The Kier molecular flexibility index (Phi) is 5.58. The van der Waals surface area contributed by atoms with Crippen molar-refractivity contribution in [1.29, 1.82) is 0 Å². The van der Waals surface area contributed by atoms with Gasteiger partial charge in [0.25, 0.3) is 5.56 Å². The van der Waals surface area contributed by atoms with Gasteiger partial charge in [-0.05, 0) is 36.8 Å². The van der Waals surface area contributed by atoms with E-state index in [1.54, 1.807) is 12.1 Å². The topological polar surface area (TPSA) is 62.1 Å². The van der Waals surface area contributed by atoms with E-state index in [2.05, 4.69) is 21.8 Å². The third-order valence-electron chi connectivity index (χ3n) is 4.92. The molecule has 28 heavy (non-hydrogen) atoms. The zero-order valence-electron chi connectivity index (χ0n) is 15.6. The number of aromatic nitrogens is 2. The van der Waals surface area contributed by atoms with E-state index in [-0.39, 0.29) is 5.56 Å². The molecule has 0 radical (unpaired) electrons. The van der Waals surface area contributed by atoms with Crippen LogP contribution >= 0.6 is 23.2 Å². The molecule has 146 valence electrons. The zero-order chi connectivity index (χ0) is 19.7. The third-order valence-corrected chi connectivity index (χ3v) is 5.47. The molecule has 0 spiro atoms. The maximum Gasteiger partial charge on any atom is 0.255 e. The van der Waals surface area contributed by atoms with E-state index >= 15 is 0 Å². The van der Waals surface area contributed by atoms with Crippen LogP contribution in [0.5, 0.6) is 0 Å². The summed E-state index contributed by atoms with van der Waals surface area (Å²) in [5.74, 6) is 2.32. The van der Waals surface area contributed by atoms with Crippen LogP contribution in [0.3, 0.4) is 0 Å². The molecule has 3 aromatic rings. The van der Waals surface area contributed by atoms with E-state index in [0.717, 1.165) is 54.2 Å². The minimum atomic E-state index is -0.0220. The highest BCUT2D eigenvalue weighted by molar-refractivity contribution is 6.36. The molecule has 5 nitrogen and oxygen atoms in total. The molecule has 4 rings (SSSR count). The van der Waals surface area contributed by atoms with Gasteiger partial charge < -0.3 is 9.40 Å². The molecule has 0 amide bonds. The van der Waals surface area contributed by atoms with Gasteiger partial charge >= 0.3 is 0 Å². The molecule has 3 heterocycles. The molecule has 2 aromatic heterocycles. The van der Waals surface area contributed by atoms with Crippen LogP contribution in [0, 0.1) is 0 Å². The Labute approximate surface area is 173 Å². The Morgan fingerprint density at radius 2 is 2.11 bits per heavy atom. The van der Waals surface area contributed by atoms with E-state index in [4.69, 9.17) is 27.6 Å². The van der Waals surface area contributed by atoms with Crippen LogP contribution in [-0.4, -0.2) is 21.4 Å². The van der Waals surface area contributed by atoms with Crippen molar-refractivity contribution in [2.24, 2.45) is 0 Å².